The van der Waals surface area contributed by atoms with E-state index in [4.69, 9.17) is 14.2 Å². The van der Waals surface area contributed by atoms with Crippen LogP contribution in [0.4, 0.5) is 4.39 Å². The highest BCUT2D eigenvalue weighted by Crippen LogP contribution is 2.34. The van der Waals surface area contributed by atoms with Gasteiger partial charge in [0.15, 0.2) is 17.3 Å². The van der Waals surface area contributed by atoms with Gasteiger partial charge < -0.3 is 19.2 Å². The number of hydrogen-bond acceptors (Lipinski definition) is 8. The van der Waals surface area contributed by atoms with Crippen molar-refractivity contribution in [2.75, 3.05) is 26.4 Å². The standard InChI is InChI=1S/C28H31FN6O4/c1-2-24(27-31-32-33-35(27)15-18-5-7-21(29)8-6-18)34(17-22-4-3-9-37-22)16-20-12-19-13-25-26(39-11-10-38-25)14-23(19)30-28(20)36/h5-8,12-14,22,24H,2-4,9-11,15-17H2,1H3,(H,30,36)/t22-,24-/m0/s1. The fraction of sp³-hybridized carbons (Fsp3) is 0.429. The largest absolute Gasteiger partial charge is 0.486 e. The molecule has 1 fully saturated rings. The molecule has 11 heteroatoms. The van der Waals surface area contributed by atoms with Crippen molar-refractivity contribution in [2.24, 2.45) is 0 Å². The van der Waals surface area contributed by atoms with Crippen LogP contribution in [0.15, 0.2) is 47.3 Å². The minimum absolute atomic E-state index is 0.0672. The fourth-order valence-corrected chi connectivity index (χ4v) is 5.41. The van der Waals surface area contributed by atoms with Crippen molar-refractivity contribution < 1.29 is 18.6 Å². The summed E-state index contributed by atoms with van der Waals surface area (Å²) in [6.45, 7) is 5.24. The predicted octanol–water partition coefficient (Wildman–Crippen LogP) is 3.61. The second-order valence-corrected chi connectivity index (χ2v) is 10.0. The molecular formula is C28H31FN6O4. The number of nitrogens with one attached hydrogen (secondary N) is 1. The molecule has 2 aromatic heterocycles. The van der Waals surface area contributed by atoms with Crippen molar-refractivity contribution in [1.29, 1.82) is 0 Å². The van der Waals surface area contributed by atoms with E-state index in [2.05, 4.69) is 32.3 Å². The summed E-state index contributed by atoms with van der Waals surface area (Å²) in [5.74, 6) is 1.72. The summed E-state index contributed by atoms with van der Waals surface area (Å²) in [7, 11) is 0. The Balaban J connectivity index is 1.32. The Hall–Kier alpha value is -3.83. The third kappa shape index (κ3) is 5.50. The van der Waals surface area contributed by atoms with Crippen LogP contribution in [-0.4, -0.2) is 62.6 Å². The number of tetrazole rings is 1. The zero-order valence-electron chi connectivity index (χ0n) is 21.8. The SMILES string of the molecule is CC[C@@H](c1nnnn1Cc1ccc(F)cc1)N(Cc1cc2cc3c(cc2[nH]c1=O)OCCO3)C[C@@H]1CCCO1. The van der Waals surface area contributed by atoms with Gasteiger partial charge in [-0.1, -0.05) is 19.1 Å². The summed E-state index contributed by atoms with van der Waals surface area (Å²) in [4.78, 5) is 18.5. The molecule has 0 spiro atoms. The molecule has 1 saturated heterocycles. The Kier molecular flexibility index (Phi) is 7.25. The van der Waals surface area contributed by atoms with Gasteiger partial charge in [-0.2, -0.15) is 0 Å². The van der Waals surface area contributed by atoms with Crippen molar-refractivity contribution in [3.05, 3.63) is 75.6 Å². The molecule has 6 rings (SSSR count). The van der Waals surface area contributed by atoms with Crippen LogP contribution in [0.1, 0.15) is 49.2 Å². The zero-order valence-corrected chi connectivity index (χ0v) is 21.8. The second-order valence-electron chi connectivity index (χ2n) is 10.0. The number of halogens is 1. The molecule has 0 amide bonds. The number of rotatable bonds is 9. The first-order valence-electron chi connectivity index (χ1n) is 13.4. The maximum Gasteiger partial charge on any atom is 0.252 e. The molecule has 10 nitrogen and oxygen atoms in total. The molecule has 4 aromatic rings. The molecule has 0 aliphatic carbocycles. The van der Waals surface area contributed by atoms with Crippen LogP contribution in [-0.2, 0) is 17.8 Å². The van der Waals surface area contributed by atoms with E-state index in [1.807, 2.05) is 18.2 Å². The van der Waals surface area contributed by atoms with E-state index in [0.29, 0.717) is 61.3 Å². The number of aromatic nitrogens is 5. The summed E-state index contributed by atoms with van der Waals surface area (Å²) in [6, 6.07) is 11.8. The van der Waals surface area contributed by atoms with Crippen LogP contribution in [0.2, 0.25) is 0 Å². The number of nitrogens with zero attached hydrogens (tertiary/aromatic N) is 5. The number of ether oxygens (including phenoxy) is 3. The Bertz CT molecular complexity index is 1500. The Labute approximate surface area is 224 Å². The van der Waals surface area contributed by atoms with Gasteiger partial charge in [0.1, 0.15) is 19.0 Å². The van der Waals surface area contributed by atoms with Crippen LogP contribution in [0, 0.1) is 5.82 Å². The summed E-state index contributed by atoms with van der Waals surface area (Å²) in [6.07, 6.45) is 2.77. The van der Waals surface area contributed by atoms with E-state index in [-0.39, 0.29) is 23.5 Å². The Morgan fingerprint density at radius 2 is 1.92 bits per heavy atom. The van der Waals surface area contributed by atoms with Crippen molar-refractivity contribution in [1.82, 2.24) is 30.1 Å². The average Bonchev–Trinajstić information content (AvgIpc) is 3.62. The van der Waals surface area contributed by atoms with E-state index in [1.54, 1.807) is 16.8 Å². The van der Waals surface area contributed by atoms with E-state index >= 15 is 0 Å². The first-order chi connectivity index (χ1) is 19.1. The van der Waals surface area contributed by atoms with Crippen molar-refractivity contribution in [3.63, 3.8) is 0 Å². The molecule has 2 aliphatic rings. The monoisotopic (exact) mass is 534 g/mol. The third-order valence-electron chi connectivity index (χ3n) is 7.35. The second kappa shape index (κ2) is 11.1. The molecule has 0 saturated carbocycles. The smallest absolute Gasteiger partial charge is 0.252 e. The fourth-order valence-electron chi connectivity index (χ4n) is 5.41. The van der Waals surface area contributed by atoms with Crippen LogP contribution in [0.3, 0.4) is 0 Å². The van der Waals surface area contributed by atoms with Gasteiger partial charge in [-0.25, -0.2) is 9.07 Å². The van der Waals surface area contributed by atoms with Gasteiger partial charge in [0.05, 0.1) is 24.2 Å². The minimum atomic E-state index is -0.287. The van der Waals surface area contributed by atoms with Crippen LogP contribution in [0.5, 0.6) is 11.5 Å². The van der Waals surface area contributed by atoms with Gasteiger partial charge in [-0.3, -0.25) is 9.69 Å². The molecule has 0 radical (unpaired) electrons. The molecule has 1 N–H and O–H groups in total. The molecule has 39 heavy (non-hydrogen) atoms. The molecule has 2 atom stereocenters. The average molecular weight is 535 g/mol. The molecule has 4 heterocycles. The van der Waals surface area contributed by atoms with Gasteiger partial charge in [0, 0.05) is 36.7 Å². The lowest BCUT2D eigenvalue weighted by atomic mass is 10.1. The maximum absolute atomic E-state index is 13.4. The summed E-state index contributed by atoms with van der Waals surface area (Å²) >= 11 is 0. The van der Waals surface area contributed by atoms with Gasteiger partial charge in [-0.15, -0.1) is 5.10 Å². The lowest BCUT2D eigenvalue weighted by Gasteiger charge is -2.32. The van der Waals surface area contributed by atoms with Crippen LogP contribution >= 0.6 is 0 Å². The van der Waals surface area contributed by atoms with E-state index in [9.17, 15) is 9.18 Å². The zero-order chi connectivity index (χ0) is 26.8. The number of pyridine rings is 1. The van der Waals surface area contributed by atoms with Gasteiger partial charge >= 0.3 is 0 Å². The summed E-state index contributed by atoms with van der Waals surface area (Å²) in [5.41, 5.74) is 2.07. The number of aromatic amines is 1. The third-order valence-corrected chi connectivity index (χ3v) is 7.35. The van der Waals surface area contributed by atoms with Crippen molar-refractivity contribution in [3.8, 4) is 11.5 Å². The molecule has 0 unspecified atom stereocenters. The first-order valence-corrected chi connectivity index (χ1v) is 13.4. The minimum Gasteiger partial charge on any atom is -0.486 e. The maximum atomic E-state index is 13.4. The van der Waals surface area contributed by atoms with E-state index in [1.165, 1.54) is 12.1 Å². The topological polar surface area (TPSA) is 107 Å². The molecule has 0 bridgehead atoms. The van der Waals surface area contributed by atoms with Gasteiger partial charge in [0.2, 0.25) is 0 Å². The van der Waals surface area contributed by atoms with Gasteiger partial charge in [-0.05, 0) is 59.5 Å². The number of benzene rings is 2. The number of fused-ring (bicyclic) bond motifs is 2. The number of H-pyrrole nitrogens is 1. The molecular weight excluding hydrogens is 503 g/mol. The van der Waals surface area contributed by atoms with Crippen molar-refractivity contribution in [2.45, 2.75) is 51.4 Å². The highest BCUT2D eigenvalue weighted by Gasteiger charge is 2.29. The van der Waals surface area contributed by atoms with Crippen LogP contribution < -0.4 is 15.0 Å². The van der Waals surface area contributed by atoms with Crippen LogP contribution in [0.25, 0.3) is 10.9 Å². The summed E-state index contributed by atoms with van der Waals surface area (Å²) in [5, 5.41) is 13.5. The highest BCUT2D eigenvalue weighted by molar-refractivity contribution is 5.83. The lowest BCUT2D eigenvalue weighted by Crippen LogP contribution is -2.37. The molecule has 204 valence electrons. The van der Waals surface area contributed by atoms with E-state index < -0.39 is 0 Å². The molecule has 2 aromatic carbocycles. The molecule has 2 aliphatic heterocycles. The Morgan fingerprint density at radius 3 is 2.67 bits per heavy atom. The van der Waals surface area contributed by atoms with Crippen molar-refractivity contribution >= 4 is 10.9 Å². The highest BCUT2D eigenvalue weighted by atomic mass is 19.1. The predicted molar refractivity (Wildman–Crippen MR) is 141 cm³/mol. The summed E-state index contributed by atoms with van der Waals surface area (Å²) < 4.78 is 32.6. The number of hydrogen-bond donors (Lipinski definition) is 1. The first kappa shape index (κ1) is 25.4. The Morgan fingerprint density at radius 1 is 1.13 bits per heavy atom. The quantitative estimate of drug-likeness (QED) is 0.347. The normalized spacial score (nSPS) is 17.7. The lowest BCUT2D eigenvalue weighted by molar-refractivity contribution is 0.0489. The van der Waals surface area contributed by atoms with E-state index in [0.717, 1.165) is 36.8 Å². The van der Waals surface area contributed by atoms with Gasteiger partial charge in [0.25, 0.3) is 5.56 Å².